The number of hydrogen-bond donors (Lipinski definition) is 7. The standard InChI is InChI=1S/C23H29N9O10S2/c1-23(2)16(20(34)32(23)42-44(37,38)39)28-19(33)15(18-29-22(25)43-31-18)30-41-14(21(35)36)10-40-13-5-3-11(4-6-13)17(24)27-12-7-8-26-9-12/h3-6,12,14,16,26H,7-10H2,1-2H3,(H2,24,27)(H,28,33)(H,35,36)(H2,25,29,31)(H,37,38,39). The lowest BCUT2D eigenvalue weighted by Gasteiger charge is -2.50. The van der Waals surface area contributed by atoms with Gasteiger partial charge in [0.15, 0.2) is 5.13 Å². The first-order chi connectivity index (χ1) is 20.7. The minimum absolute atomic E-state index is 0.0574. The number of nitrogens with one attached hydrogen (secondary N) is 4. The molecule has 238 valence electrons. The van der Waals surface area contributed by atoms with E-state index in [1.165, 1.54) is 13.8 Å². The number of amides is 2. The lowest BCUT2D eigenvalue weighted by Crippen LogP contribution is -2.76. The highest BCUT2D eigenvalue weighted by Crippen LogP contribution is 2.32. The molecule has 1 aromatic heterocycles. The molecule has 4 rings (SSSR count). The van der Waals surface area contributed by atoms with E-state index < -0.39 is 58.2 Å². The summed E-state index contributed by atoms with van der Waals surface area (Å²) in [5.74, 6) is -3.43. The molecule has 2 aromatic rings. The first-order valence-electron chi connectivity index (χ1n) is 12.8. The maximum Gasteiger partial charge on any atom is 0.418 e. The number of oxime groups is 1. The van der Waals surface area contributed by atoms with Gasteiger partial charge in [-0.05, 0) is 51.1 Å². The van der Waals surface area contributed by atoms with Gasteiger partial charge in [0, 0.05) is 29.7 Å². The van der Waals surface area contributed by atoms with Gasteiger partial charge in [0.05, 0.1) is 5.54 Å². The zero-order chi connectivity index (χ0) is 32.2. The van der Waals surface area contributed by atoms with Crippen molar-refractivity contribution in [3.05, 3.63) is 35.7 Å². The number of carboxylic acid groups (broad SMARTS) is 1. The quantitative estimate of drug-likeness (QED) is 0.0425. The largest absolute Gasteiger partial charge is 0.489 e. The summed E-state index contributed by atoms with van der Waals surface area (Å²) in [6, 6.07) is 5.17. The zero-order valence-electron chi connectivity index (χ0n) is 23.2. The number of hydroxylamine groups is 2. The highest BCUT2D eigenvalue weighted by molar-refractivity contribution is 7.80. The van der Waals surface area contributed by atoms with Crippen LogP contribution in [0.25, 0.3) is 0 Å². The van der Waals surface area contributed by atoms with Crippen molar-refractivity contribution in [2.45, 2.75) is 44.0 Å². The van der Waals surface area contributed by atoms with E-state index in [9.17, 15) is 27.9 Å². The van der Waals surface area contributed by atoms with Crippen LogP contribution in [-0.4, -0.2) is 105 Å². The minimum Gasteiger partial charge on any atom is -0.489 e. The van der Waals surface area contributed by atoms with E-state index >= 15 is 0 Å². The molecule has 19 nitrogen and oxygen atoms in total. The lowest BCUT2D eigenvalue weighted by molar-refractivity contribution is -0.218. The van der Waals surface area contributed by atoms with E-state index in [-0.39, 0.29) is 28.6 Å². The molecule has 0 aliphatic carbocycles. The van der Waals surface area contributed by atoms with Crippen LogP contribution in [0.1, 0.15) is 31.7 Å². The van der Waals surface area contributed by atoms with Crippen LogP contribution in [0.2, 0.25) is 0 Å². The fourth-order valence-corrected chi connectivity index (χ4v) is 5.04. The Morgan fingerprint density at radius 2 is 2.02 bits per heavy atom. The third-order valence-electron chi connectivity index (χ3n) is 6.49. The van der Waals surface area contributed by atoms with Crippen molar-refractivity contribution >= 4 is 56.4 Å². The van der Waals surface area contributed by atoms with Gasteiger partial charge in [-0.3, -0.25) is 19.6 Å². The molecule has 44 heavy (non-hydrogen) atoms. The van der Waals surface area contributed by atoms with Gasteiger partial charge in [0.1, 0.15) is 24.2 Å². The number of aromatic nitrogens is 2. The summed E-state index contributed by atoms with van der Waals surface area (Å²) in [5, 5.41) is 30.4. The maximum atomic E-state index is 13.1. The number of benzene rings is 1. The molecule has 0 bridgehead atoms. The van der Waals surface area contributed by atoms with Crippen LogP contribution in [-0.2, 0) is 33.9 Å². The van der Waals surface area contributed by atoms with Crippen molar-refractivity contribution in [3.63, 3.8) is 0 Å². The van der Waals surface area contributed by atoms with Crippen LogP contribution in [0.4, 0.5) is 5.13 Å². The monoisotopic (exact) mass is 655 g/mol. The first-order valence-corrected chi connectivity index (χ1v) is 15.0. The van der Waals surface area contributed by atoms with Crippen LogP contribution < -0.4 is 26.4 Å². The SMILES string of the molecule is CC1(C)C(NC(=O)C(=NOC(COc2ccc(C(=N)NC3CCNC3)cc2)C(=O)O)c2nsc(N)n2)C(=O)N1OS(=O)(=O)O. The average Bonchev–Trinajstić information content (AvgIpc) is 3.63. The molecular weight excluding hydrogens is 626 g/mol. The molecule has 0 spiro atoms. The van der Waals surface area contributed by atoms with Crippen molar-refractivity contribution in [2.24, 2.45) is 5.16 Å². The Hall–Kier alpha value is -4.44. The van der Waals surface area contributed by atoms with Gasteiger partial charge < -0.3 is 36.4 Å². The fraction of sp³-hybridized carbons (Fsp3) is 0.435. The lowest BCUT2D eigenvalue weighted by atomic mass is 9.84. The Labute approximate surface area is 254 Å². The van der Waals surface area contributed by atoms with Crippen molar-refractivity contribution in [1.29, 1.82) is 5.41 Å². The summed E-state index contributed by atoms with van der Waals surface area (Å²) >= 11 is 0.703. The number of nitrogen functional groups attached to an aromatic ring is 1. The van der Waals surface area contributed by atoms with E-state index in [0.717, 1.165) is 19.5 Å². The Morgan fingerprint density at radius 3 is 2.57 bits per heavy atom. The molecule has 0 saturated carbocycles. The van der Waals surface area contributed by atoms with Crippen molar-refractivity contribution in [3.8, 4) is 5.75 Å². The third kappa shape index (κ3) is 7.74. The highest BCUT2D eigenvalue weighted by atomic mass is 32.3. The van der Waals surface area contributed by atoms with E-state index in [1.807, 2.05) is 0 Å². The second-order valence-corrected chi connectivity index (χ2v) is 11.9. The summed E-state index contributed by atoms with van der Waals surface area (Å²) in [5.41, 5.74) is 4.12. The van der Waals surface area contributed by atoms with Crippen LogP contribution in [0, 0.1) is 5.41 Å². The molecule has 2 amide bonds. The second-order valence-electron chi connectivity index (χ2n) is 10.1. The molecular formula is C23H29N9O10S2. The Kier molecular flexibility index (Phi) is 9.63. The van der Waals surface area contributed by atoms with Gasteiger partial charge >= 0.3 is 16.4 Å². The summed E-state index contributed by atoms with van der Waals surface area (Å²) in [4.78, 5) is 46.4. The van der Waals surface area contributed by atoms with Gasteiger partial charge in [-0.2, -0.15) is 22.8 Å². The number of nitrogens with zero attached hydrogens (tertiary/aromatic N) is 4. The van der Waals surface area contributed by atoms with Gasteiger partial charge in [0.25, 0.3) is 17.9 Å². The number of carboxylic acids is 1. The molecule has 3 unspecified atom stereocenters. The molecule has 2 fully saturated rings. The van der Waals surface area contributed by atoms with E-state index in [4.69, 9.17) is 25.3 Å². The summed E-state index contributed by atoms with van der Waals surface area (Å²) in [6.45, 7) is 3.78. The zero-order valence-corrected chi connectivity index (χ0v) is 24.8. The predicted octanol–water partition coefficient (Wildman–Crippen LogP) is -1.51. The van der Waals surface area contributed by atoms with Gasteiger partial charge in [-0.25, -0.2) is 4.79 Å². The minimum atomic E-state index is -5.02. The number of β-lactam (4-membered cyclic amide) rings is 1. The average molecular weight is 656 g/mol. The number of ether oxygens (including phenoxy) is 1. The Morgan fingerprint density at radius 1 is 1.32 bits per heavy atom. The van der Waals surface area contributed by atoms with Crippen LogP contribution >= 0.6 is 11.5 Å². The number of rotatable bonds is 13. The highest BCUT2D eigenvalue weighted by Gasteiger charge is 2.58. The summed E-state index contributed by atoms with van der Waals surface area (Å²) in [6.07, 6.45) is -0.817. The number of carbonyl (C=O) groups is 3. The van der Waals surface area contributed by atoms with Crippen molar-refractivity contribution in [2.75, 3.05) is 25.4 Å². The number of nitrogens with two attached hydrogens (primary N) is 1. The topological polar surface area (TPSA) is 281 Å². The predicted molar refractivity (Wildman–Crippen MR) is 152 cm³/mol. The van der Waals surface area contributed by atoms with E-state index in [0.29, 0.717) is 22.2 Å². The molecule has 3 heterocycles. The molecule has 2 aliphatic heterocycles. The Balaban J connectivity index is 1.42. The van der Waals surface area contributed by atoms with Gasteiger partial charge in [0.2, 0.25) is 11.5 Å². The number of amidine groups is 1. The van der Waals surface area contributed by atoms with E-state index in [2.05, 4.69) is 34.7 Å². The van der Waals surface area contributed by atoms with Crippen molar-refractivity contribution in [1.82, 2.24) is 30.4 Å². The third-order valence-corrected chi connectivity index (χ3v) is 7.37. The Bertz CT molecular complexity index is 1560. The van der Waals surface area contributed by atoms with Gasteiger partial charge in [-0.1, -0.05) is 5.16 Å². The molecule has 2 saturated heterocycles. The number of anilines is 1. The summed E-state index contributed by atoms with van der Waals surface area (Å²) < 4.78 is 44.7. The fourth-order valence-electron chi connectivity index (χ4n) is 4.15. The molecule has 0 radical (unpaired) electrons. The molecule has 8 N–H and O–H groups in total. The molecule has 21 heteroatoms. The molecule has 2 aliphatic rings. The van der Waals surface area contributed by atoms with Crippen LogP contribution in [0.5, 0.6) is 5.75 Å². The maximum absolute atomic E-state index is 13.1. The van der Waals surface area contributed by atoms with Crippen molar-refractivity contribution < 1.29 is 46.3 Å². The normalized spacial score (nSPS) is 20.4. The number of aliphatic carboxylic acids is 1. The van der Waals surface area contributed by atoms with E-state index in [1.54, 1.807) is 24.3 Å². The van der Waals surface area contributed by atoms with Gasteiger partial charge in [-0.15, -0.1) is 4.28 Å². The second kappa shape index (κ2) is 13.1. The molecule has 1 aromatic carbocycles. The smallest absolute Gasteiger partial charge is 0.418 e. The van der Waals surface area contributed by atoms with Crippen LogP contribution in [0.15, 0.2) is 29.4 Å². The molecule has 3 atom stereocenters. The number of carbonyl (C=O) groups excluding carboxylic acids is 2. The van der Waals surface area contributed by atoms with Crippen LogP contribution in [0.3, 0.4) is 0 Å². The number of hydrogen-bond acceptors (Lipinski definition) is 15. The summed E-state index contributed by atoms with van der Waals surface area (Å²) in [7, 11) is -5.02. The first kappa shape index (κ1) is 32.5.